The van der Waals surface area contributed by atoms with Crippen LogP contribution in [0.5, 0.6) is 0 Å². The van der Waals surface area contributed by atoms with Gasteiger partial charge < -0.3 is 5.11 Å². The number of aliphatic hydroxyl groups is 1. The van der Waals surface area contributed by atoms with Gasteiger partial charge in [-0.2, -0.15) is 0 Å². The van der Waals surface area contributed by atoms with Crippen molar-refractivity contribution in [1.82, 2.24) is 0 Å². The Bertz CT molecular complexity index is 785. The fourth-order valence-corrected chi connectivity index (χ4v) is 4.20. The fraction of sp³-hybridized carbons (Fsp3) is 0.0667. The first kappa shape index (κ1) is 14.4. The molecular weight excluding hydrogens is 379 g/mol. The highest BCUT2D eigenvalue weighted by Gasteiger charge is 2.19. The highest BCUT2D eigenvalue weighted by atomic mass is 79.9. The number of benzene rings is 2. The van der Waals surface area contributed by atoms with Crippen molar-refractivity contribution in [2.75, 3.05) is 0 Å². The summed E-state index contributed by atoms with van der Waals surface area (Å²) in [5.41, 5.74) is 1.47. The number of thiophene rings is 1. The van der Waals surface area contributed by atoms with Crippen molar-refractivity contribution in [2.24, 2.45) is 0 Å². The molecule has 1 atom stereocenters. The molecule has 0 spiro atoms. The summed E-state index contributed by atoms with van der Waals surface area (Å²) in [6.07, 6.45) is -0.788. The van der Waals surface area contributed by atoms with Gasteiger partial charge in [0.05, 0.1) is 10.0 Å². The Hall–Kier alpha value is -0.580. The van der Waals surface area contributed by atoms with E-state index in [1.165, 1.54) is 0 Å². The van der Waals surface area contributed by atoms with Crippen LogP contribution >= 0.6 is 50.5 Å². The standard InChI is InChI=1S/C15H9BrCl2OS/c16-11-5-1-3-8-10(7-20-15(8)11)14(19)9-4-2-6-12(17)13(9)18/h1-7,14,19H. The number of aliphatic hydroxyl groups excluding tert-OH is 1. The van der Waals surface area contributed by atoms with E-state index in [2.05, 4.69) is 15.9 Å². The number of halogens is 3. The second kappa shape index (κ2) is 5.66. The third-order valence-electron chi connectivity index (χ3n) is 3.15. The Kier molecular flexibility index (Phi) is 4.07. The van der Waals surface area contributed by atoms with E-state index < -0.39 is 6.10 Å². The average molecular weight is 388 g/mol. The molecule has 20 heavy (non-hydrogen) atoms. The molecule has 0 aliphatic heterocycles. The maximum absolute atomic E-state index is 10.6. The Morgan fingerprint density at radius 3 is 2.60 bits per heavy atom. The maximum atomic E-state index is 10.6. The van der Waals surface area contributed by atoms with Gasteiger partial charge >= 0.3 is 0 Å². The van der Waals surface area contributed by atoms with Crippen LogP contribution in [0.1, 0.15) is 17.2 Å². The van der Waals surface area contributed by atoms with E-state index >= 15 is 0 Å². The summed E-state index contributed by atoms with van der Waals surface area (Å²) in [4.78, 5) is 0. The van der Waals surface area contributed by atoms with Crippen molar-refractivity contribution in [1.29, 1.82) is 0 Å². The largest absolute Gasteiger partial charge is 0.384 e. The molecule has 0 aliphatic carbocycles. The van der Waals surface area contributed by atoms with Crippen molar-refractivity contribution in [3.05, 3.63) is 67.4 Å². The minimum Gasteiger partial charge on any atom is -0.384 e. The molecule has 0 aliphatic rings. The summed E-state index contributed by atoms with van der Waals surface area (Å²) in [5, 5.41) is 14.4. The lowest BCUT2D eigenvalue weighted by Gasteiger charge is -2.13. The van der Waals surface area contributed by atoms with Crippen LogP contribution in [-0.2, 0) is 0 Å². The molecule has 0 amide bonds. The molecule has 0 saturated heterocycles. The van der Waals surface area contributed by atoms with E-state index in [1.807, 2.05) is 23.6 Å². The molecule has 1 nitrogen and oxygen atoms in total. The lowest BCUT2D eigenvalue weighted by atomic mass is 10.0. The zero-order valence-electron chi connectivity index (χ0n) is 10.1. The predicted molar refractivity (Wildman–Crippen MR) is 90.0 cm³/mol. The summed E-state index contributed by atoms with van der Waals surface area (Å²) in [6, 6.07) is 11.2. The third kappa shape index (κ3) is 2.38. The molecule has 1 heterocycles. The second-order valence-electron chi connectivity index (χ2n) is 4.35. The van der Waals surface area contributed by atoms with Crippen LogP contribution in [0, 0.1) is 0 Å². The molecular formula is C15H9BrCl2OS. The van der Waals surface area contributed by atoms with Crippen molar-refractivity contribution in [2.45, 2.75) is 6.10 Å². The first-order valence-corrected chi connectivity index (χ1v) is 8.30. The van der Waals surface area contributed by atoms with Crippen LogP contribution in [-0.4, -0.2) is 5.11 Å². The van der Waals surface area contributed by atoms with Gasteiger partial charge in [0.25, 0.3) is 0 Å². The molecule has 0 fully saturated rings. The van der Waals surface area contributed by atoms with Crippen LogP contribution in [0.2, 0.25) is 10.0 Å². The lowest BCUT2D eigenvalue weighted by Crippen LogP contribution is -1.99. The summed E-state index contributed by atoms with van der Waals surface area (Å²) in [7, 11) is 0. The van der Waals surface area contributed by atoms with Gasteiger partial charge in [0.2, 0.25) is 0 Å². The minimum absolute atomic E-state index is 0.399. The Morgan fingerprint density at radius 2 is 1.80 bits per heavy atom. The third-order valence-corrected chi connectivity index (χ3v) is 5.96. The molecule has 3 rings (SSSR count). The molecule has 0 radical (unpaired) electrons. The van der Waals surface area contributed by atoms with Crippen LogP contribution < -0.4 is 0 Å². The number of rotatable bonds is 2. The van der Waals surface area contributed by atoms with Crippen LogP contribution in [0.15, 0.2) is 46.3 Å². The Morgan fingerprint density at radius 1 is 1.05 bits per heavy atom. The van der Waals surface area contributed by atoms with Crippen molar-refractivity contribution >= 4 is 60.6 Å². The van der Waals surface area contributed by atoms with Gasteiger partial charge in [0.1, 0.15) is 6.10 Å². The van der Waals surface area contributed by atoms with Crippen LogP contribution in [0.3, 0.4) is 0 Å². The van der Waals surface area contributed by atoms with E-state index in [0.29, 0.717) is 15.6 Å². The number of fused-ring (bicyclic) bond motifs is 1. The first-order valence-electron chi connectivity index (χ1n) is 5.87. The van der Waals surface area contributed by atoms with Gasteiger partial charge in [-0.1, -0.05) is 47.5 Å². The second-order valence-corrected chi connectivity index (χ2v) is 6.87. The van der Waals surface area contributed by atoms with Gasteiger partial charge in [-0.05, 0) is 38.8 Å². The summed E-state index contributed by atoms with van der Waals surface area (Å²) >= 11 is 17.3. The number of hydrogen-bond donors (Lipinski definition) is 1. The summed E-state index contributed by atoms with van der Waals surface area (Å²) in [6.45, 7) is 0. The molecule has 2 aromatic carbocycles. The number of hydrogen-bond acceptors (Lipinski definition) is 2. The molecule has 0 bridgehead atoms. The predicted octanol–water partition coefficient (Wildman–Crippen LogP) is 6.05. The van der Waals surface area contributed by atoms with E-state index in [4.69, 9.17) is 23.2 Å². The van der Waals surface area contributed by atoms with Crippen molar-refractivity contribution in [3.63, 3.8) is 0 Å². The van der Waals surface area contributed by atoms with E-state index in [9.17, 15) is 5.11 Å². The smallest absolute Gasteiger partial charge is 0.107 e. The topological polar surface area (TPSA) is 20.2 Å². The lowest BCUT2D eigenvalue weighted by molar-refractivity contribution is 0.222. The van der Waals surface area contributed by atoms with Gasteiger partial charge in [0, 0.05) is 20.3 Å². The molecule has 0 saturated carbocycles. The SMILES string of the molecule is OC(c1cccc(Cl)c1Cl)c1csc2c(Br)cccc12. The normalized spacial score (nSPS) is 12.8. The molecule has 1 unspecified atom stereocenters. The zero-order valence-corrected chi connectivity index (χ0v) is 14.0. The molecule has 1 N–H and O–H groups in total. The van der Waals surface area contributed by atoms with Gasteiger partial charge in [-0.3, -0.25) is 0 Å². The van der Waals surface area contributed by atoms with E-state index in [1.54, 1.807) is 29.5 Å². The van der Waals surface area contributed by atoms with Crippen LogP contribution in [0.4, 0.5) is 0 Å². The van der Waals surface area contributed by atoms with Crippen molar-refractivity contribution in [3.8, 4) is 0 Å². The maximum Gasteiger partial charge on any atom is 0.107 e. The highest BCUT2D eigenvalue weighted by Crippen LogP contribution is 2.39. The molecule has 5 heteroatoms. The van der Waals surface area contributed by atoms with Gasteiger partial charge in [-0.25, -0.2) is 0 Å². The molecule has 1 aromatic heterocycles. The zero-order chi connectivity index (χ0) is 14.3. The average Bonchev–Trinajstić information content (AvgIpc) is 2.86. The van der Waals surface area contributed by atoms with Crippen LogP contribution in [0.25, 0.3) is 10.1 Å². The van der Waals surface area contributed by atoms with Gasteiger partial charge in [-0.15, -0.1) is 11.3 Å². The summed E-state index contributed by atoms with van der Waals surface area (Å²) < 4.78 is 2.13. The Balaban J connectivity index is 2.16. The van der Waals surface area contributed by atoms with Gasteiger partial charge in [0.15, 0.2) is 0 Å². The van der Waals surface area contributed by atoms with E-state index in [-0.39, 0.29) is 0 Å². The first-order chi connectivity index (χ1) is 9.59. The van der Waals surface area contributed by atoms with E-state index in [0.717, 1.165) is 20.1 Å². The summed E-state index contributed by atoms with van der Waals surface area (Å²) in [5.74, 6) is 0. The molecule has 3 aromatic rings. The quantitative estimate of drug-likeness (QED) is 0.567. The minimum atomic E-state index is -0.788. The Labute approximate surface area is 138 Å². The monoisotopic (exact) mass is 386 g/mol. The highest BCUT2D eigenvalue weighted by molar-refractivity contribution is 9.10. The van der Waals surface area contributed by atoms with Crippen molar-refractivity contribution < 1.29 is 5.11 Å². The fourth-order valence-electron chi connectivity index (χ4n) is 2.15. The molecule has 102 valence electrons.